The highest BCUT2D eigenvalue weighted by Gasteiger charge is 2.26. The van der Waals surface area contributed by atoms with Crippen LogP contribution in [-0.2, 0) is 9.59 Å². The normalized spacial score (nSPS) is 21.9. The fourth-order valence-corrected chi connectivity index (χ4v) is 3.30. The van der Waals surface area contributed by atoms with Crippen molar-refractivity contribution in [2.45, 2.75) is 32.6 Å². The van der Waals surface area contributed by atoms with Crippen LogP contribution in [0.25, 0.3) is 0 Å². The molecule has 0 saturated heterocycles. The van der Waals surface area contributed by atoms with Gasteiger partial charge in [-0.1, -0.05) is 55.8 Å². The minimum atomic E-state index is -0.245. The molecule has 0 spiro atoms. The van der Waals surface area contributed by atoms with Crippen molar-refractivity contribution >= 4 is 17.5 Å². The number of hydrogen-bond acceptors (Lipinski definition) is 2. The second-order valence-corrected chi connectivity index (χ2v) is 6.24. The van der Waals surface area contributed by atoms with Gasteiger partial charge in [-0.05, 0) is 30.6 Å². The molecule has 2 unspecified atom stereocenters. The van der Waals surface area contributed by atoms with Gasteiger partial charge in [0.15, 0.2) is 0 Å². The van der Waals surface area contributed by atoms with E-state index >= 15 is 0 Å². The van der Waals surface area contributed by atoms with Gasteiger partial charge in [-0.2, -0.15) is 0 Å². The first kappa shape index (κ1) is 17.1. The van der Waals surface area contributed by atoms with Crippen molar-refractivity contribution in [3.63, 3.8) is 0 Å². The fourth-order valence-electron chi connectivity index (χ4n) is 3.30. The van der Waals surface area contributed by atoms with Crippen molar-refractivity contribution < 1.29 is 9.59 Å². The second kappa shape index (κ2) is 7.43. The van der Waals surface area contributed by atoms with Crippen LogP contribution in [-0.4, -0.2) is 17.5 Å². The van der Waals surface area contributed by atoms with Crippen molar-refractivity contribution in [1.82, 2.24) is 5.32 Å². The highest BCUT2D eigenvalue weighted by atomic mass is 16.2. The second-order valence-electron chi connectivity index (χ2n) is 6.24. The average molecular weight is 334 g/mol. The first-order valence-electron chi connectivity index (χ1n) is 8.71. The predicted octanol–water partition coefficient (Wildman–Crippen LogP) is 3.68. The summed E-state index contributed by atoms with van der Waals surface area (Å²) in [7, 11) is 0. The lowest BCUT2D eigenvalue weighted by molar-refractivity contribution is -0.119. The molecule has 25 heavy (non-hydrogen) atoms. The lowest BCUT2D eigenvalue weighted by Gasteiger charge is -2.27. The number of carbonyl (C=O) groups is 2. The highest BCUT2D eigenvalue weighted by Crippen LogP contribution is 2.29. The molecule has 0 bridgehead atoms. The highest BCUT2D eigenvalue weighted by molar-refractivity contribution is 6.12. The number of nitrogens with one attached hydrogen (secondary N) is 1. The maximum Gasteiger partial charge on any atom is 0.253 e. The average Bonchev–Trinajstić information content (AvgIpc) is 2.62. The van der Waals surface area contributed by atoms with Crippen molar-refractivity contribution in [2.24, 2.45) is 10.9 Å². The number of nitrogens with zero attached hydrogens (tertiary/aromatic N) is 1. The lowest BCUT2D eigenvalue weighted by atomic mass is 9.86. The van der Waals surface area contributed by atoms with Gasteiger partial charge in [0.05, 0.1) is 11.6 Å². The van der Waals surface area contributed by atoms with Crippen molar-refractivity contribution in [3.05, 3.63) is 71.5 Å². The molecule has 2 atom stereocenters. The summed E-state index contributed by atoms with van der Waals surface area (Å²) in [6.07, 6.45) is 8.84. The van der Waals surface area contributed by atoms with Crippen LogP contribution in [0.3, 0.4) is 0 Å². The van der Waals surface area contributed by atoms with Crippen LogP contribution < -0.4 is 5.32 Å². The van der Waals surface area contributed by atoms with E-state index in [2.05, 4.69) is 10.3 Å². The van der Waals surface area contributed by atoms with E-state index in [4.69, 9.17) is 0 Å². The van der Waals surface area contributed by atoms with Crippen molar-refractivity contribution in [1.29, 1.82) is 0 Å². The Bertz CT molecular complexity index is 800. The van der Waals surface area contributed by atoms with Crippen LogP contribution in [0.15, 0.2) is 70.9 Å². The Balaban J connectivity index is 1.84. The summed E-state index contributed by atoms with van der Waals surface area (Å²) < 4.78 is 0. The SMILES string of the molecule is CCC1=CC(=O)NC2=CC(=NC(=O)C(CC)c3ccccc3)C=CC12. The Kier molecular flexibility index (Phi) is 5.08. The predicted molar refractivity (Wildman–Crippen MR) is 99.1 cm³/mol. The Morgan fingerprint density at radius 3 is 2.64 bits per heavy atom. The van der Waals surface area contributed by atoms with Crippen molar-refractivity contribution in [3.8, 4) is 0 Å². The van der Waals surface area contributed by atoms with Crippen LogP contribution in [0.4, 0.5) is 0 Å². The van der Waals surface area contributed by atoms with E-state index in [0.29, 0.717) is 12.1 Å². The van der Waals surface area contributed by atoms with Gasteiger partial charge in [0.1, 0.15) is 0 Å². The third-order valence-corrected chi connectivity index (χ3v) is 4.64. The van der Waals surface area contributed by atoms with Crippen LogP contribution in [0.1, 0.15) is 38.2 Å². The first-order chi connectivity index (χ1) is 12.1. The molecule has 4 heteroatoms. The third kappa shape index (κ3) is 3.68. The van der Waals surface area contributed by atoms with Gasteiger partial charge in [-0.25, -0.2) is 4.99 Å². The van der Waals surface area contributed by atoms with Crippen molar-refractivity contribution in [2.75, 3.05) is 0 Å². The number of benzene rings is 1. The zero-order valence-electron chi connectivity index (χ0n) is 14.5. The summed E-state index contributed by atoms with van der Waals surface area (Å²) in [5.41, 5.74) is 3.44. The van der Waals surface area contributed by atoms with Gasteiger partial charge >= 0.3 is 0 Å². The Labute approximate surface area is 148 Å². The smallest absolute Gasteiger partial charge is 0.253 e. The zero-order chi connectivity index (χ0) is 17.8. The molecule has 1 aliphatic heterocycles. The summed E-state index contributed by atoms with van der Waals surface area (Å²) in [6, 6.07) is 9.71. The number of amides is 2. The number of fused-ring (bicyclic) bond motifs is 1. The molecule has 3 rings (SSSR count). The third-order valence-electron chi connectivity index (χ3n) is 4.64. The summed E-state index contributed by atoms with van der Waals surface area (Å²) in [5.74, 6) is -0.439. The Morgan fingerprint density at radius 2 is 1.96 bits per heavy atom. The van der Waals surface area contributed by atoms with Gasteiger partial charge in [0.25, 0.3) is 5.91 Å². The fraction of sp³-hybridized carbons (Fsp3) is 0.286. The number of allylic oxidation sites excluding steroid dienone is 3. The van der Waals surface area contributed by atoms with E-state index in [-0.39, 0.29) is 23.7 Å². The molecule has 128 valence electrons. The number of carbonyl (C=O) groups excluding carboxylic acids is 2. The molecule has 1 aliphatic carbocycles. The molecule has 0 saturated carbocycles. The maximum atomic E-state index is 12.6. The largest absolute Gasteiger partial charge is 0.325 e. The van der Waals surface area contributed by atoms with Gasteiger partial charge in [-0.15, -0.1) is 0 Å². The molecule has 0 fully saturated rings. The van der Waals surface area contributed by atoms with E-state index < -0.39 is 0 Å². The minimum Gasteiger partial charge on any atom is -0.325 e. The molecule has 0 aromatic heterocycles. The first-order valence-corrected chi connectivity index (χ1v) is 8.71. The van der Waals surface area contributed by atoms with E-state index in [9.17, 15) is 9.59 Å². The van der Waals surface area contributed by atoms with E-state index in [0.717, 1.165) is 23.3 Å². The Hall–Kier alpha value is -2.75. The Morgan fingerprint density at radius 1 is 1.20 bits per heavy atom. The number of aliphatic imine (C=N–C) groups is 1. The van der Waals surface area contributed by atoms with E-state index in [1.165, 1.54) is 0 Å². The van der Waals surface area contributed by atoms with Crippen LogP contribution in [0.2, 0.25) is 0 Å². The van der Waals surface area contributed by atoms with Gasteiger partial charge in [-0.3, -0.25) is 9.59 Å². The quantitative estimate of drug-likeness (QED) is 0.913. The van der Waals surface area contributed by atoms with Gasteiger partial charge in [0.2, 0.25) is 5.91 Å². The van der Waals surface area contributed by atoms with Gasteiger partial charge in [0, 0.05) is 17.7 Å². The van der Waals surface area contributed by atoms with Gasteiger partial charge < -0.3 is 5.32 Å². The minimum absolute atomic E-state index is 0.0767. The van der Waals surface area contributed by atoms with Crippen LogP contribution in [0.5, 0.6) is 0 Å². The summed E-state index contributed by atoms with van der Waals surface area (Å²) in [4.78, 5) is 28.7. The van der Waals surface area contributed by atoms with E-state index in [1.807, 2.05) is 56.3 Å². The monoisotopic (exact) mass is 334 g/mol. The molecule has 0 radical (unpaired) electrons. The maximum absolute atomic E-state index is 12.6. The molecular weight excluding hydrogens is 312 g/mol. The molecule has 1 aromatic rings. The summed E-state index contributed by atoms with van der Waals surface area (Å²) >= 11 is 0. The summed E-state index contributed by atoms with van der Waals surface area (Å²) in [6.45, 7) is 4.02. The molecule has 1 heterocycles. The molecule has 2 amide bonds. The molecule has 4 nitrogen and oxygen atoms in total. The number of rotatable bonds is 4. The van der Waals surface area contributed by atoms with E-state index in [1.54, 1.807) is 12.2 Å². The zero-order valence-corrected chi connectivity index (χ0v) is 14.5. The molecule has 2 aliphatic rings. The standard InChI is InChI=1S/C21H22N2O2/c1-3-14-12-20(24)23-19-13-16(10-11-18(14)19)22-21(25)17(4-2)15-8-6-5-7-9-15/h5-13,17-18H,3-4H2,1-2H3,(H,23,24). The number of hydrogen-bond donors (Lipinski definition) is 1. The summed E-state index contributed by atoms with van der Waals surface area (Å²) in [5, 5.41) is 2.86. The van der Waals surface area contributed by atoms with Crippen LogP contribution in [0, 0.1) is 5.92 Å². The lowest BCUT2D eigenvalue weighted by Crippen LogP contribution is -2.33. The topological polar surface area (TPSA) is 58.5 Å². The molecular formula is C21H22N2O2. The molecule has 1 N–H and O–H groups in total. The molecule has 1 aromatic carbocycles. The van der Waals surface area contributed by atoms with Crippen LogP contribution >= 0.6 is 0 Å².